The second kappa shape index (κ2) is 4.42. The highest BCUT2D eigenvalue weighted by Crippen LogP contribution is 2.37. The minimum atomic E-state index is 0.911. The summed E-state index contributed by atoms with van der Waals surface area (Å²) in [6.07, 6.45) is 1.81. The Hall–Kier alpha value is -2.65. The van der Waals surface area contributed by atoms with Gasteiger partial charge in [-0.3, -0.25) is 4.98 Å². The summed E-state index contributed by atoms with van der Waals surface area (Å²) in [4.78, 5) is 4.46. The number of furan rings is 1. The average molecular weight is 301 g/mol. The number of hydrogen-bond donors (Lipinski definition) is 0. The molecule has 0 bridgehead atoms. The largest absolute Gasteiger partial charge is 0.455 e. The first kappa shape index (κ1) is 12.0. The third kappa shape index (κ3) is 1.63. The zero-order valence-corrected chi connectivity index (χ0v) is 12.4. The van der Waals surface area contributed by atoms with Gasteiger partial charge in [0.1, 0.15) is 11.2 Å². The average Bonchev–Trinajstić information content (AvgIpc) is 3.16. The molecule has 0 N–H and O–H groups in total. The summed E-state index contributed by atoms with van der Waals surface area (Å²) in [7, 11) is 0. The molecular weight excluding hydrogens is 290 g/mol. The van der Waals surface area contributed by atoms with Crippen LogP contribution in [0.3, 0.4) is 0 Å². The van der Waals surface area contributed by atoms with Crippen molar-refractivity contribution < 1.29 is 4.42 Å². The summed E-state index contributed by atoms with van der Waals surface area (Å²) in [6, 6.07) is 18.7. The summed E-state index contributed by atoms with van der Waals surface area (Å²) < 4.78 is 7.47. The smallest absolute Gasteiger partial charge is 0.144 e. The topological polar surface area (TPSA) is 26.0 Å². The van der Waals surface area contributed by atoms with E-state index in [1.165, 1.54) is 15.5 Å². The van der Waals surface area contributed by atoms with E-state index >= 15 is 0 Å². The maximum Gasteiger partial charge on any atom is 0.144 e. The van der Waals surface area contributed by atoms with Crippen molar-refractivity contribution in [3.8, 4) is 11.3 Å². The van der Waals surface area contributed by atoms with Crippen LogP contribution in [0.4, 0.5) is 0 Å². The van der Waals surface area contributed by atoms with Crippen molar-refractivity contribution in [3.05, 3.63) is 66.2 Å². The number of rotatable bonds is 1. The van der Waals surface area contributed by atoms with Gasteiger partial charge < -0.3 is 4.42 Å². The van der Waals surface area contributed by atoms with Crippen molar-refractivity contribution in [2.75, 3.05) is 0 Å². The Bertz CT molecular complexity index is 1120. The Labute approximate surface area is 130 Å². The van der Waals surface area contributed by atoms with E-state index in [1.807, 2.05) is 24.4 Å². The van der Waals surface area contributed by atoms with Gasteiger partial charge in [0.15, 0.2) is 0 Å². The van der Waals surface area contributed by atoms with E-state index in [4.69, 9.17) is 4.42 Å². The lowest BCUT2D eigenvalue weighted by molar-refractivity contribution is 0.670. The number of aromatic nitrogens is 1. The summed E-state index contributed by atoms with van der Waals surface area (Å²) >= 11 is 1.76. The number of para-hydroxylation sites is 1. The van der Waals surface area contributed by atoms with Gasteiger partial charge in [0.25, 0.3) is 0 Å². The van der Waals surface area contributed by atoms with E-state index in [0.717, 1.165) is 27.8 Å². The maximum atomic E-state index is 6.18. The molecule has 104 valence electrons. The van der Waals surface area contributed by atoms with Gasteiger partial charge in [-0.1, -0.05) is 18.2 Å². The molecule has 3 aromatic heterocycles. The minimum Gasteiger partial charge on any atom is -0.455 e. The highest BCUT2D eigenvalue weighted by Gasteiger charge is 2.13. The van der Waals surface area contributed by atoms with Crippen LogP contribution in [-0.2, 0) is 0 Å². The Kier molecular flexibility index (Phi) is 2.40. The van der Waals surface area contributed by atoms with Gasteiger partial charge in [-0.2, -0.15) is 0 Å². The number of thiophene rings is 1. The van der Waals surface area contributed by atoms with E-state index in [9.17, 15) is 0 Å². The van der Waals surface area contributed by atoms with E-state index in [-0.39, 0.29) is 0 Å². The molecule has 0 atom stereocenters. The molecule has 5 rings (SSSR count). The van der Waals surface area contributed by atoms with Gasteiger partial charge in [-0.25, -0.2) is 0 Å². The lowest BCUT2D eigenvalue weighted by atomic mass is 10.1. The molecule has 22 heavy (non-hydrogen) atoms. The van der Waals surface area contributed by atoms with Gasteiger partial charge in [-0.15, -0.1) is 11.3 Å². The molecule has 0 fully saturated rings. The van der Waals surface area contributed by atoms with Gasteiger partial charge >= 0.3 is 0 Å². The molecule has 5 aromatic rings. The molecule has 0 aliphatic rings. The summed E-state index contributed by atoms with van der Waals surface area (Å²) in [6.45, 7) is 0. The molecule has 0 saturated heterocycles. The Morgan fingerprint density at radius 2 is 1.91 bits per heavy atom. The SMILES string of the molecule is c1ccc(-c2cccc3c2oc2cc4ccsc4cc23)nc1. The normalized spacial score (nSPS) is 11.6. The lowest BCUT2D eigenvalue weighted by Gasteiger charge is -2.00. The molecule has 0 amide bonds. The monoisotopic (exact) mass is 301 g/mol. The van der Waals surface area contributed by atoms with Gasteiger partial charge in [0.2, 0.25) is 0 Å². The quantitative estimate of drug-likeness (QED) is 0.387. The van der Waals surface area contributed by atoms with Gasteiger partial charge in [-0.05, 0) is 47.2 Å². The molecule has 0 radical (unpaired) electrons. The predicted octanol–water partition coefficient (Wildman–Crippen LogP) is 5.86. The lowest BCUT2D eigenvalue weighted by Crippen LogP contribution is -1.81. The molecule has 3 heteroatoms. The van der Waals surface area contributed by atoms with Crippen molar-refractivity contribution in [1.29, 1.82) is 0 Å². The third-order valence-corrected chi connectivity index (χ3v) is 4.89. The molecule has 0 spiro atoms. The van der Waals surface area contributed by atoms with Crippen molar-refractivity contribution in [2.45, 2.75) is 0 Å². The summed E-state index contributed by atoms with van der Waals surface area (Å²) in [5, 5.41) is 5.66. The van der Waals surface area contributed by atoms with Crippen LogP contribution in [0, 0.1) is 0 Å². The number of nitrogens with zero attached hydrogens (tertiary/aromatic N) is 1. The highest BCUT2D eigenvalue weighted by atomic mass is 32.1. The van der Waals surface area contributed by atoms with Gasteiger partial charge in [0, 0.05) is 27.2 Å². The number of pyridine rings is 1. The van der Waals surface area contributed by atoms with E-state index < -0.39 is 0 Å². The van der Waals surface area contributed by atoms with Gasteiger partial charge in [0.05, 0.1) is 5.69 Å². The minimum absolute atomic E-state index is 0.911. The molecule has 2 aromatic carbocycles. The van der Waals surface area contributed by atoms with Crippen LogP contribution >= 0.6 is 11.3 Å². The van der Waals surface area contributed by atoms with Crippen LogP contribution in [0.5, 0.6) is 0 Å². The zero-order valence-electron chi connectivity index (χ0n) is 11.6. The first-order chi connectivity index (χ1) is 10.9. The Morgan fingerprint density at radius 3 is 2.82 bits per heavy atom. The number of hydrogen-bond acceptors (Lipinski definition) is 3. The molecule has 0 saturated carbocycles. The second-order valence-corrected chi connectivity index (χ2v) is 6.25. The fraction of sp³-hybridized carbons (Fsp3) is 0. The fourth-order valence-electron chi connectivity index (χ4n) is 2.98. The molecule has 0 aliphatic heterocycles. The van der Waals surface area contributed by atoms with Crippen LogP contribution in [0.2, 0.25) is 0 Å². The molecule has 3 heterocycles. The predicted molar refractivity (Wildman–Crippen MR) is 92.3 cm³/mol. The van der Waals surface area contributed by atoms with Crippen LogP contribution in [0.15, 0.2) is 70.6 Å². The molecule has 2 nitrogen and oxygen atoms in total. The zero-order chi connectivity index (χ0) is 14.5. The number of fused-ring (bicyclic) bond motifs is 4. The maximum absolute atomic E-state index is 6.18. The van der Waals surface area contributed by atoms with Crippen LogP contribution in [0.1, 0.15) is 0 Å². The van der Waals surface area contributed by atoms with Crippen LogP contribution in [-0.4, -0.2) is 4.98 Å². The first-order valence-electron chi connectivity index (χ1n) is 7.14. The van der Waals surface area contributed by atoms with Crippen molar-refractivity contribution in [2.24, 2.45) is 0 Å². The summed E-state index contributed by atoms with van der Waals surface area (Å²) in [5.74, 6) is 0. The Morgan fingerprint density at radius 1 is 0.909 bits per heavy atom. The summed E-state index contributed by atoms with van der Waals surface area (Å²) in [5.41, 5.74) is 3.82. The van der Waals surface area contributed by atoms with Crippen molar-refractivity contribution in [3.63, 3.8) is 0 Å². The third-order valence-electron chi connectivity index (χ3n) is 4.01. The van der Waals surface area contributed by atoms with E-state index in [0.29, 0.717) is 0 Å². The molecular formula is C19H11NOS. The first-order valence-corrected chi connectivity index (χ1v) is 8.02. The molecule has 0 unspecified atom stereocenters. The Balaban J connectivity index is 1.92. The standard InChI is InChI=1S/C19H11NOS/c1-2-8-20-16(6-1)14-5-3-4-13-15-11-18-12(7-9-22-18)10-17(15)21-19(13)14/h1-11H. The fourth-order valence-corrected chi connectivity index (χ4v) is 3.79. The highest BCUT2D eigenvalue weighted by molar-refractivity contribution is 7.17. The number of benzene rings is 2. The van der Waals surface area contributed by atoms with E-state index in [2.05, 4.69) is 46.8 Å². The van der Waals surface area contributed by atoms with Crippen LogP contribution < -0.4 is 0 Å². The van der Waals surface area contributed by atoms with E-state index in [1.54, 1.807) is 11.3 Å². The van der Waals surface area contributed by atoms with Crippen molar-refractivity contribution in [1.82, 2.24) is 4.98 Å². The molecule has 0 aliphatic carbocycles. The van der Waals surface area contributed by atoms with Crippen LogP contribution in [0.25, 0.3) is 43.3 Å². The van der Waals surface area contributed by atoms with Crippen molar-refractivity contribution >= 4 is 43.4 Å². The second-order valence-electron chi connectivity index (χ2n) is 5.31.